The Labute approximate surface area is 270 Å². The van der Waals surface area contributed by atoms with Gasteiger partial charge in [-0.2, -0.15) is 0 Å². The van der Waals surface area contributed by atoms with Crippen LogP contribution in [0.25, 0.3) is 11.3 Å². The number of halogens is 3. The van der Waals surface area contributed by atoms with Crippen LogP contribution in [-0.2, 0) is 6.42 Å². The second-order valence-electron chi connectivity index (χ2n) is 12.2. The maximum Gasteiger partial charge on any atom is 0.136 e. The molecule has 0 spiro atoms. The second-order valence-corrected chi connectivity index (χ2v) is 12.2. The van der Waals surface area contributed by atoms with Gasteiger partial charge in [-0.25, -0.2) is 23.2 Å². The smallest absolute Gasteiger partial charge is 0.136 e. The molecule has 0 aliphatic carbocycles. The predicted molar refractivity (Wildman–Crippen MR) is 186 cm³/mol. The highest BCUT2D eigenvalue weighted by molar-refractivity contribution is 6.16. The van der Waals surface area contributed by atoms with Gasteiger partial charge < -0.3 is 10.6 Å². The van der Waals surface area contributed by atoms with Crippen molar-refractivity contribution in [2.24, 2.45) is 21.6 Å². The van der Waals surface area contributed by atoms with Gasteiger partial charge in [0.25, 0.3) is 0 Å². The molecule has 46 heavy (non-hydrogen) atoms. The van der Waals surface area contributed by atoms with E-state index in [0.29, 0.717) is 63.2 Å². The molecule has 4 rings (SSSR count). The van der Waals surface area contributed by atoms with E-state index in [2.05, 4.69) is 18.2 Å². The zero-order valence-corrected chi connectivity index (χ0v) is 27.6. The molecular weight excluding hydrogens is 583 g/mol. The summed E-state index contributed by atoms with van der Waals surface area (Å²) in [6.07, 6.45) is 2.28. The average Bonchev–Trinajstić information content (AvgIpc) is 2.99. The first-order valence-corrected chi connectivity index (χ1v) is 15.2. The minimum absolute atomic E-state index is 0.207. The van der Waals surface area contributed by atoms with Crippen LogP contribution in [0.3, 0.4) is 0 Å². The lowest BCUT2D eigenvalue weighted by Crippen LogP contribution is -2.46. The molecule has 1 aliphatic rings. The van der Waals surface area contributed by atoms with E-state index in [0.717, 1.165) is 5.57 Å². The first-order chi connectivity index (χ1) is 21.7. The van der Waals surface area contributed by atoms with Crippen molar-refractivity contribution in [3.63, 3.8) is 0 Å². The summed E-state index contributed by atoms with van der Waals surface area (Å²) in [5.74, 6) is -0.231. The lowest BCUT2D eigenvalue weighted by Gasteiger charge is -2.39. The molecule has 0 saturated heterocycles. The molecule has 0 amide bonds. The summed E-state index contributed by atoms with van der Waals surface area (Å²) < 4.78 is 44.8. The van der Waals surface area contributed by atoms with Gasteiger partial charge in [-0.15, -0.1) is 0 Å². The fourth-order valence-electron chi connectivity index (χ4n) is 5.44. The van der Waals surface area contributed by atoms with Gasteiger partial charge in [0.05, 0.1) is 28.7 Å². The highest BCUT2D eigenvalue weighted by Crippen LogP contribution is 2.39. The summed E-state index contributed by atoms with van der Waals surface area (Å²) in [7, 11) is 1.87. The minimum atomic E-state index is -0.475. The molecule has 0 radical (unpaired) electrons. The monoisotopic (exact) mass is 625 g/mol. The molecule has 2 N–H and O–H groups in total. The Morgan fingerprint density at radius 2 is 1.70 bits per heavy atom. The highest BCUT2D eigenvalue weighted by atomic mass is 19.1. The van der Waals surface area contributed by atoms with Crippen LogP contribution in [0, 0.1) is 23.4 Å². The van der Waals surface area contributed by atoms with Gasteiger partial charge in [-0.3, -0.25) is 4.90 Å². The quantitative estimate of drug-likeness (QED) is 0.139. The van der Waals surface area contributed by atoms with Gasteiger partial charge in [0, 0.05) is 24.5 Å². The van der Waals surface area contributed by atoms with E-state index in [4.69, 9.17) is 10.7 Å². The Morgan fingerprint density at radius 3 is 2.33 bits per heavy atom. The van der Waals surface area contributed by atoms with Crippen LogP contribution >= 0.6 is 0 Å². The van der Waals surface area contributed by atoms with E-state index in [1.807, 2.05) is 59.6 Å². The van der Waals surface area contributed by atoms with E-state index in [1.54, 1.807) is 41.4 Å². The Morgan fingerprint density at radius 1 is 1.00 bits per heavy atom. The molecule has 1 atom stereocenters. The van der Waals surface area contributed by atoms with Crippen LogP contribution in [0.15, 0.2) is 107 Å². The third-order valence-corrected chi connectivity index (χ3v) is 7.98. The number of nitrogens with zero attached hydrogens (tertiary/aromatic N) is 4. The van der Waals surface area contributed by atoms with Gasteiger partial charge in [0.15, 0.2) is 0 Å². The molecule has 1 heterocycles. The predicted octanol–water partition coefficient (Wildman–Crippen LogP) is 9.41. The number of aliphatic imine (C=N–C) groups is 2. The Kier molecular flexibility index (Phi) is 10.4. The largest absolute Gasteiger partial charge is 0.383 e. The zero-order valence-electron chi connectivity index (χ0n) is 27.6. The number of anilines is 1. The summed E-state index contributed by atoms with van der Waals surface area (Å²) in [6, 6.07) is 15.3. The van der Waals surface area contributed by atoms with Crippen molar-refractivity contribution in [3.05, 3.63) is 131 Å². The molecule has 240 valence electrons. The molecule has 8 heteroatoms. The van der Waals surface area contributed by atoms with Crippen molar-refractivity contribution < 1.29 is 13.2 Å². The minimum Gasteiger partial charge on any atom is -0.383 e. The highest BCUT2D eigenvalue weighted by Gasteiger charge is 2.33. The third-order valence-electron chi connectivity index (χ3n) is 7.98. The fraction of sp³-hybridized carbons (Fsp3) is 0.263. The second kappa shape index (κ2) is 14.1. The summed E-state index contributed by atoms with van der Waals surface area (Å²) in [6.45, 7) is 20.3. The number of amidine groups is 2. The normalized spacial score (nSPS) is 14.4. The Hall–Kier alpha value is -4.85. The number of hydrogen-bond acceptors (Lipinski definition) is 4. The number of nitrogens with two attached hydrogens (primary N) is 1. The van der Waals surface area contributed by atoms with E-state index < -0.39 is 17.7 Å². The lowest BCUT2D eigenvalue weighted by atomic mass is 9.93. The van der Waals surface area contributed by atoms with Crippen LogP contribution < -0.4 is 10.6 Å². The van der Waals surface area contributed by atoms with E-state index in [1.165, 1.54) is 24.3 Å². The summed E-state index contributed by atoms with van der Waals surface area (Å²) in [4.78, 5) is 13.0. The van der Waals surface area contributed by atoms with E-state index in [9.17, 15) is 4.39 Å². The maximum atomic E-state index is 15.2. The van der Waals surface area contributed by atoms with Gasteiger partial charge in [0.1, 0.15) is 29.1 Å². The van der Waals surface area contributed by atoms with Crippen molar-refractivity contribution in [2.45, 2.75) is 54.0 Å². The molecule has 3 aromatic rings. The number of hydrogen-bond donors (Lipinski definition) is 1. The summed E-state index contributed by atoms with van der Waals surface area (Å²) in [5, 5.41) is 0. The standard InChI is InChI=1S/C38H42F3N5/c1-22(2)18-29-17-16-28(19-33(29)41)24(5)35(37(42)43-21-23(3)4)25(6)45(9)27(8)38-44-34-15-11-14-32(40)36(34)26(7)46(38)31-13-10-12-30(39)20-31/h10-17,19-22,27H,5,7,18H2,1-4,6,8-9H3,(H2,42,43)/b35-25+. The van der Waals surface area contributed by atoms with Crippen molar-refractivity contribution in [1.29, 1.82) is 0 Å². The molecule has 5 nitrogen and oxygen atoms in total. The molecule has 3 aromatic carbocycles. The summed E-state index contributed by atoms with van der Waals surface area (Å²) in [5.41, 5.74) is 11.9. The maximum absolute atomic E-state index is 15.2. The molecule has 1 aliphatic heterocycles. The third kappa shape index (κ3) is 7.17. The lowest BCUT2D eigenvalue weighted by molar-refractivity contribution is 0.388. The van der Waals surface area contributed by atoms with Crippen LogP contribution in [0.1, 0.15) is 58.2 Å². The zero-order chi connectivity index (χ0) is 33.9. The number of allylic oxidation sites excluding steroid dienone is 2. The number of likely N-dealkylation sites (N-methyl/N-ethyl adjacent to an activating group) is 1. The molecule has 0 fully saturated rings. The van der Waals surface area contributed by atoms with Gasteiger partial charge in [-0.1, -0.05) is 56.8 Å². The van der Waals surface area contributed by atoms with Crippen molar-refractivity contribution in [2.75, 3.05) is 11.9 Å². The summed E-state index contributed by atoms with van der Waals surface area (Å²) >= 11 is 0. The average molecular weight is 626 g/mol. The van der Waals surface area contributed by atoms with E-state index in [-0.39, 0.29) is 17.2 Å². The van der Waals surface area contributed by atoms with Crippen molar-refractivity contribution in [1.82, 2.24) is 4.90 Å². The molecule has 1 unspecified atom stereocenters. The molecular formula is C38H42F3N5. The Balaban J connectivity index is 1.86. The topological polar surface area (TPSA) is 57.2 Å². The number of fused-ring (bicyclic) bond motifs is 1. The number of rotatable bonds is 10. The van der Waals surface area contributed by atoms with Crippen LogP contribution in [0.4, 0.5) is 24.5 Å². The van der Waals surface area contributed by atoms with Gasteiger partial charge in [0.2, 0.25) is 0 Å². The Bertz CT molecular complexity index is 1790. The van der Waals surface area contributed by atoms with Crippen LogP contribution in [0.5, 0.6) is 0 Å². The molecule has 0 saturated carbocycles. The van der Waals surface area contributed by atoms with Gasteiger partial charge in [-0.05, 0) is 93.1 Å². The molecule has 0 bridgehead atoms. The van der Waals surface area contributed by atoms with Crippen LogP contribution in [0.2, 0.25) is 0 Å². The van der Waals surface area contributed by atoms with Crippen molar-refractivity contribution >= 4 is 34.3 Å². The van der Waals surface area contributed by atoms with Crippen molar-refractivity contribution in [3.8, 4) is 0 Å². The number of benzene rings is 3. The van der Waals surface area contributed by atoms with Crippen LogP contribution in [-0.4, -0.2) is 29.7 Å². The molecule has 0 aromatic heterocycles. The first kappa shape index (κ1) is 34.0. The SMILES string of the molecule is C=C(/C(C(N)=NC=C(C)C)=C(/C)N(C)C(C)C1=Nc2cccc(F)c2C(=C)N1c1cccc(F)c1)c1ccc(CC(C)C)c(F)c1. The fourth-order valence-corrected chi connectivity index (χ4v) is 5.44. The first-order valence-electron chi connectivity index (χ1n) is 15.2. The van der Waals surface area contributed by atoms with E-state index >= 15 is 8.78 Å². The van der Waals surface area contributed by atoms with Gasteiger partial charge >= 0.3 is 0 Å².